The van der Waals surface area contributed by atoms with E-state index in [2.05, 4.69) is 179 Å². The molecule has 44 heavy (non-hydrogen) atoms. The van der Waals surface area contributed by atoms with Gasteiger partial charge in [0.2, 0.25) is 0 Å². The van der Waals surface area contributed by atoms with E-state index in [1.165, 1.54) is 34.6 Å². The summed E-state index contributed by atoms with van der Waals surface area (Å²) in [5.41, 5.74) is 12.4. The molecule has 0 aromatic heterocycles. The maximum absolute atomic E-state index is 2.55. The van der Waals surface area contributed by atoms with E-state index >= 15 is 0 Å². The van der Waals surface area contributed by atoms with E-state index in [1.807, 2.05) is 0 Å². The predicted octanol–water partition coefficient (Wildman–Crippen LogP) is 12.6. The van der Waals surface area contributed by atoms with Crippen LogP contribution in [0.4, 0.5) is 0 Å². The lowest BCUT2D eigenvalue weighted by molar-refractivity contribution is 0.630. The third-order valence-corrected chi connectivity index (χ3v) is 15.2. The molecule has 0 N–H and O–H groups in total. The van der Waals surface area contributed by atoms with E-state index in [-0.39, 0.29) is 26.7 Å². The fraction of sp³-hybridized carbons (Fsp3) is 0.200. The molecule has 4 aliphatic rings. The Labute approximate surface area is 271 Å². The predicted molar refractivity (Wildman–Crippen MR) is 206 cm³/mol. The Balaban J connectivity index is 0.000000148. The highest BCUT2D eigenvalue weighted by molar-refractivity contribution is 7.92. The Morgan fingerprint density at radius 1 is 0.455 bits per heavy atom. The van der Waals surface area contributed by atoms with Crippen molar-refractivity contribution in [3.63, 3.8) is 0 Å². The molecule has 8 rings (SSSR count). The molecule has 0 spiro atoms. The lowest BCUT2D eigenvalue weighted by Gasteiger charge is -2.29. The normalized spacial score (nSPS) is 26.0. The second-order valence-electron chi connectivity index (χ2n) is 12.5. The first-order valence-corrected chi connectivity index (χ1v) is 21.2. The second-order valence-corrected chi connectivity index (χ2v) is 16.4. The third kappa shape index (κ3) is 5.48. The van der Waals surface area contributed by atoms with E-state index < -0.39 is 0 Å². The van der Waals surface area contributed by atoms with Crippen molar-refractivity contribution in [2.75, 3.05) is 12.3 Å². The summed E-state index contributed by atoms with van der Waals surface area (Å²) < 4.78 is 0. The topological polar surface area (TPSA) is 0 Å². The molecule has 4 bridgehead atoms. The van der Waals surface area contributed by atoms with Gasteiger partial charge in [-0.1, -0.05) is 158 Å². The Kier molecular flexibility index (Phi) is 9.40. The van der Waals surface area contributed by atoms with Gasteiger partial charge in [0, 0.05) is 10.8 Å². The summed E-state index contributed by atoms with van der Waals surface area (Å²) in [5.74, 6) is 5.09. The van der Waals surface area contributed by atoms with Gasteiger partial charge in [0.15, 0.2) is 0 Å². The zero-order chi connectivity index (χ0) is 30.9. The summed E-state index contributed by atoms with van der Waals surface area (Å²) in [6.07, 6.45) is 2.59. The fourth-order valence-electron chi connectivity index (χ4n) is 7.36. The van der Waals surface area contributed by atoms with Gasteiger partial charge in [0.1, 0.15) is 0 Å². The molecule has 4 aromatic carbocycles. The molecular formula is C40H42P4. The summed E-state index contributed by atoms with van der Waals surface area (Å²) in [7, 11) is 4.38. The van der Waals surface area contributed by atoms with E-state index in [0.29, 0.717) is 0 Å². The summed E-state index contributed by atoms with van der Waals surface area (Å²) in [4.78, 5) is 0. The van der Waals surface area contributed by atoms with Gasteiger partial charge < -0.3 is 0 Å². The molecule has 0 fully saturated rings. The lowest BCUT2D eigenvalue weighted by atomic mass is 9.75. The smallest absolute Gasteiger partial charge is 0.0192 e. The second kappa shape index (κ2) is 13.1. The molecule has 0 amide bonds. The van der Waals surface area contributed by atoms with Gasteiger partial charge in [-0.2, -0.15) is 0 Å². The van der Waals surface area contributed by atoms with Crippen molar-refractivity contribution in [2.24, 2.45) is 10.8 Å². The first-order valence-electron chi connectivity index (χ1n) is 15.4. The zero-order valence-electron chi connectivity index (χ0n) is 26.2. The number of allylic oxidation sites excluding steroid dienone is 4. The van der Waals surface area contributed by atoms with Crippen LogP contribution in [0.15, 0.2) is 144 Å². The van der Waals surface area contributed by atoms with Crippen molar-refractivity contribution in [1.82, 2.24) is 0 Å². The quantitative estimate of drug-likeness (QED) is 0.194. The van der Waals surface area contributed by atoms with E-state index in [9.17, 15) is 0 Å². The summed E-state index contributed by atoms with van der Waals surface area (Å²) in [5, 5.41) is 3.20. The van der Waals surface area contributed by atoms with Gasteiger partial charge in [0.05, 0.1) is 0 Å². The van der Waals surface area contributed by atoms with Gasteiger partial charge in [-0.05, 0) is 86.0 Å². The molecule has 4 aromatic rings. The van der Waals surface area contributed by atoms with Crippen LogP contribution in [0.2, 0.25) is 0 Å². The highest BCUT2D eigenvalue weighted by Gasteiger charge is 2.49. The summed E-state index contributed by atoms with van der Waals surface area (Å²) in [6, 6.07) is 43.9. The van der Waals surface area contributed by atoms with Crippen LogP contribution in [0.5, 0.6) is 0 Å². The summed E-state index contributed by atoms with van der Waals surface area (Å²) in [6.45, 7) is 9.49. The van der Waals surface area contributed by atoms with Crippen LogP contribution in [0, 0.1) is 10.8 Å². The molecular weight excluding hydrogens is 604 g/mol. The minimum absolute atomic E-state index is 0.142. The van der Waals surface area contributed by atoms with Crippen molar-refractivity contribution < 1.29 is 0 Å². The molecule has 222 valence electrons. The standard InChI is InChI=1S/2C20H19P.H4P2/c2*1-15-13-21-14-20(15,2)18(16-9-5-3-6-10-16)19(21)17-11-7-4-8-12-17;1-2/h2*3-13H,14H2,1-2H3;1-2H2/t2*20?,21-;/m00./s1. The van der Waals surface area contributed by atoms with Crippen molar-refractivity contribution in [1.29, 1.82) is 0 Å². The number of rotatable bonds is 4. The molecule has 4 heterocycles. The monoisotopic (exact) mass is 646 g/mol. The van der Waals surface area contributed by atoms with Crippen LogP contribution in [0.3, 0.4) is 0 Å². The van der Waals surface area contributed by atoms with Crippen LogP contribution in [0.1, 0.15) is 49.9 Å². The van der Waals surface area contributed by atoms with Crippen LogP contribution < -0.4 is 0 Å². The van der Waals surface area contributed by atoms with Crippen LogP contribution in [-0.2, 0) is 0 Å². The molecule has 4 unspecified atom stereocenters. The van der Waals surface area contributed by atoms with E-state index in [4.69, 9.17) is 0 Å². The van der Waals surface area contributed by atoms with Gasteiger partial charge in [0.25, 0.3) is 0 Å². The van der Waals surface area contributed by atoms with Crippen molar-refractivity contribution >= 4 is 55.5 Å². The minimum atomic E-state index is -0.142. The lowest BCUT2D eigenvalue weighted by Crippen LogP contribution is -2.18. The number of benzene rings is 4. The average Bonchev–Trinajstić information content (AvgIpc) is 3.75. The zero-order valence-corrected chi connectivity index (χ0v) is 30.3. The molecule has 0 saturated heterocycles. The molecule has 6 atom stereocenters. The number of hydrogen-bond acceptors (Lipinski definition) is 0. The Morgan fingerprint density at radius 3 is 1.02 bits per heavy atom. The van der Waals surface area contributed by atoms with E-state index in [1.54, 1.807) is 32.9 Å². The molecule has 0 aliphatic carbocycles. The van der Waals surface area contributed by atoms with Crippen LogP contribution in [-0.4, -0.2) is 12.3 Å². The SMILES string of the molecule is CC1=C[P@@]2CC1(C)C(c1ccccc1)=C2c1ccccc1.CC1=C[P@@]2CC1(C)C(c1ccccc1)=C2c1ccccc1.PP. The third-order valence-electron chi connectivity index (χ3n) is 9.78. The van der Waals surface area contributed by atoms with Gasteiger partial charge >= 0.3 is 0 Å². The Hall–Kier alpha value is -2.44. The largest absolute Gasteiger partial charge is 0.118 e. The van der Waals surface area contributed by atoms with Gasteiger partial charge in [-0.25, -0.2) is 0 Å². The number of fused-ring (bicyclic) bond motifs is 4. The number of hydrogen-bond donors (Lipinski definition) is 0. The van der Waals surface area contributed by atoms with Crippen LogP contribution >= 0.6 is 33.7 Å². The maximum atomic E-state index is 2.55. The molecule has 0 radical (unpaired) electrons. The molecule has 4 heteroatoms. The van der Waals surface area contributed by atoms with Crippen LogP contribution in [0.25, 0.3) is 21.8 Å². The van der Waals surface area contributed by atoms with Gasteiger partial charge in [-0.3, -0.25) is 0 Å². The average molecular weight is 647 g/mol. The molecule has 0 saturated carbocycles. The Morgan fingerprint density at radius 2 is 0.727 bits per heavy atom. The minimum Gasteiger partial charge on any atom is -0.118 e. The van der Waals surface area contributed by atoms with Crippen molar-refractivity contribution in [2.45, 2.75) is 27.7 Å². The first kappa shape index (κ1) is 31.5. The first-order chi connectivity index (χ1) is 21.4. The van der Waals surface area contributed by atoms with Gasteiger partial charge in [-0.15, -0.1) is 17.9 Å². The van der Waals surface area contributed by atoms with E-state index in [0.717, 1.165) is 0 Å². The highest BCUT2D eigenvalue weighted by Crippen LogP contribution is 2.75. The molecule has 4 aliphatic heterocycles. The van der Waals surface area contributed by atoms with Crippen molar-refractivity contribution in [3.05, 3.63) is 166 Å². The fourth-order valence-corrected chi connectivity index (χ4v) is 14.1. The summed E-state index contributed by atoms with van der Waals surface area (Å²) >= 11 is 0. The molecule has 0 nitrogen and oxygen atoms in total. The highest BCUT2D eigenvalue weighted by atomic mass is 32.0. The van der Waals surface area contributed by atoms with Crippen molar-refractivity contribution in [3.8, 4) is 0 Å². The maximum Gasteiger partial charge on any atom is 0.0192 e. The Bertz CT molecular complexity index is 1620.